The molecule has 0 bridgehead atoms. The summed E-state index contributed by atoms with van der Waals surface area (Å²) < 4.78 is 25.0. The first kappa shape index (κ1) is 23.4. The van der Waals surface area contributed by atoms with Gasteiger partial charge in [0.2, 0.25) is 0 Å². The molecule has 3 N–H and O–H groups in total. The first-order valence-corrected chi connectivity index (χ1v) is 8.73. The lowest BCUT2D eigenvalue weighted by atomic mass is 10.0. The van der Waals surface area contributed by atoms with Crippen molar-refractivity contribution in [1.29, 1.82) is 0 Å². The van der Waals surface area contributed by atoms with Crippen molar-refractivity contribution in [2.75, 3.05) is 46.5 Å². The summed E-state index contributed by atoms with van der Waals surface area (Å²) in [4.78, 5) is 6.52. The number of halogens is 3. The van der Waals surface area contributed by atoms with Gasteiger partial charge in [-0.25, -0.2) is 4.39 Å². The Hall–Kier alpha value is -0.680. The second kappa shape index (κ2) is 11.9. The number of hydrogen-bond donors (Lipinski definition) is 2. The second-order valence-electron chi connectivity index (χ2n) is 5.97. The number of nitrogens with one attached hydrogen (secondary N) is 1. The molecule has 1 fully saturated rings. The van der Waals surface area contributed by atoms with Gasteiger partial charge < -0.3 is 20.5 Å². The number of morpholine rings is 1. The molecule has 1 aliphatic rings. The lowest BCUT2D eigenvalue weighted by Crippen LogP contribution is -2.44. The van der Waals surface area contributed by atoms with Gasteiger partial charge in [0.05, 0.1) is 31.9 Å². The molecule has 2 unspecified atom stereocenters. The number of hydrogen-bond acceptors (Lipinski definition) is 4. The third-order valence-electron chi connectivity index (χ3n) is 4.09. The molecule has 2 atom stereocenters. The van der Waals surface area contributed by atoms with Gasteiger partial charge in [-0.05, 0) is 19.1 Å². The molecule has 26 heavy (non-hydrogen) atoms. The summed E-state index contributed by atoms with van der Waals surface area (Å²) in [5.41, 5.74) is 6.34. The van der Waals surface area contributed by atoms with Crippen LogP contribution in [-0.4, -0.2) is 63.5 Å². The van der Waals surface area contributed by atoms with E-state index in [0.717, 1.165) is 0 Å². The van der Waals surface area contributed by atoms with Crippen LogP contribution in [-0.2, 0) is 9.47 Å². The molecular weight excluding hydrogens is 474 g/mol. The molecule has 1 aromatic carbocycles. The largest absolute Gasteiger partial charge is 0.383 e. The maximum Gasteiger partial charge on any atom is 0.188 e. The van der Waals surface area contributed by atoms with Gasteiger partial charge >= 0.3 is 0 Å². The van der Waals surface area contributed by atoms with E-state index in [2.05, 4.69) is 15.2 Å². The Kier molecular flexibility index (Phi) is 10.7. The summed E-state index contributed by atoms with van der Waals surface area (Å²) >= 11 is 6.29. The van der Waals surface area contributed by atoms with Crippen LogP contribution >= 0.6 is 35.6 Å². The minimum absolute atomic E-state index is 0. The highest BCUT2D eigenvalue weighted by Gasteiger charge is 2.29. The Morgan fingerprint density at radius 3 is 3.00 bits per heavy atom. The summed E-state index contributed by atoms with van der Waals surface area (Å²) in [7, 11) is 1.62. The third kappa shape index (κ3) is 6.80. The Labute approximate surface area is 176 Å². The SMILES string of the molecule is COCCNC(N)=NCC(c1c(F)cccc1Cl)N1CCOC(C)C1.I. The Morgan fingerprint density at radius 1 is 1.58 bits per heavy atom. The van der Waals surface area contributed by atoms with Crippen molar-refractivity contribution in [1.82, 2.24) is 10.2 Å². The molecule has 148 valence electrons. The van der Waals surface area contributed by atoms with Crippen molar-refractivity contribution in [2.45, 2.75) is 19.1 Å². The van der Waals surface area contributed by atoms with E-state index in [1.54, 1.807) is 19.2 Å². The normalized spacial score (nSPS) is 19.7. The summed E-state index contributed by atoms with van der Waals surface area (Å²) in [6.45, 7) is 5.35. The third-order valence-corrected chi connectivity index (χ3v) is 4.42. The van der Waals surface area contributed by atoms with Crippen LogP contribution in [0.1, 0.15) is 18.5 Å². The Balaban J connectivity index is 0.00000338. The number of nitrogens with zero attached hydrogens (tertiary/aromatic N) is 2. The van der Waals surface area contributed by atoms with E-state index in [-0.39, 0.29) is 41.9 Å². The maximum atomic E-state index is 14.5. The average molecular weight is 501 g/mol. The number of methoxy groups -OCH3 is 1. The van der Waals surface area contributed by atoms with E-state index in [1.807, 2.05) is 6.92 Å². The molecule has 1 aromatic rings. The highest BCUT2D eigenvalue weighted by molar-refractivity contribution is 14.0. The highest BCUT2D eigenvalue weighted by atomic mass is 127. The van der Waals surface area contributed by atoms with Crippen LogP contribution < -0.4 is 11.1 Å². The predicted octanol–water partition coefficient (Wildman–Crippen LogP) is 2.41. The second-order valence-corrected chi connectivity index (χ2v) is 6.38. The molecule has 0 radical (unpaired) electrons. The van der Waals surface area contributed by atoms with E-state index in [0.29, 0.717) is 55.9 Å². The molecule has 0 saturated carbocycles. The molecule has 0 aliphatic carbocycles. The monoisotopic (exact) mass is 500 g/mol. The van der Waals surface area contributed by atoms with E-state index < -0.39 is 0 Å². The lowest BCUT2D eigenvalue weighted by Gasteiger charge is -2.37. The molecule has 2 rings (SSSR count). The van der Waals surface area contributed by atoms with Crippen LogP contribution in [0.5, 0.6) is 0 Å². The molecular formula is C17H27ClFIN4O2. The van der Waals surface area contributed by atoms with E-state index >= 15 is 0 Å². The van der Waals surface area contributed by atoms with Crippen molar-refractivity contribution >= 4 is 41.5 Å². The zero-order chi connectivity index (χ0) is 18.2. The molecule has 6 nitrogen and oxygen atoms in total. The first-order chi connectivity index (χ1) is 12.0. The van der Waals surface area contributed by atoms with Gasteiger partial charge in [-0.15, -0.1) is 24.0 Å². The van der Waals surface area contributed by atoms with Crippen molar-refractivity contribution < 1.29 is 13.9 Å². The Bertz CT molecular complexity index is 574. The number of ether oxygens (including phenoxy) is 2. The zero-order valence-corrected chi connectivity index (χ0v) is 18.2. The minimum Gasteiger partial charge on any atom is -0.383 e. The van der Waals surface area contributed by atoms with Crippen molar-refractivity contribution in [2.24, 2.45) is 10.7 Å². The van der Waals surface area contributed by atoms with Gasteiger partial charge in [0, 0.05) is 37.3 Å². The molecule has 1 saturated heterocycles. The molecule has 0 spiro atoms. The van der Waals surface area contributed by atoms with E-state index in [9.17, 15) is 4.39 Å². The fraction of sp³-hybridized carbons (Fsp3) is 0.588. The number of aliphatic imine (C=N–C) groups is 1. The standard InChI is InChI=1S/C17H26ClFN4O2.HI/c1-12-11-23(7-9-25-12)15(10-22-17(20)21-6-8-24-2)16-13(18)4-3-5-14(16)19;/h3-5,12,15H,6-11H2,1-2H3,(H3,20,21,22);1H. The van der Waals surface area contributed by atoms with Crippen LogP contribution in [0.2, 0.25) is 5.02 Å². The van der Waals surface area contributed by atoms with Crippen LogP contribution in [0.4, 0.5) is 4.39 Å². The van der Waals surface area contributed by atoms with Gasteiger partial charge in [0.25, 0.3) is 0 Å². The van der Waals surface area contributed by atoms with Crippen molar-refractivity contribution in [3.05, 3.63) is 34.6 Å². The minimum atomic E-state index is -0.335. The summed E-state index contributed by atoms with van der Waals surface area (Å²) in [5.74, 6) is -0.0337. The van der Waals surface area contributed by atoms with Crippen LogP contribution in [0.15, 0.2) is 23.2 Å². The van der Waals surface area contributed by atoms with Gasteiger partial charge in [0.1, 0.15) is 5.82 Å². The summed E-state index contributed by atoms with van der Waals surface area (Å²) in [5, 5.41) is 3.36. The van der Waals surface area contributed by atoms with Crippen molar-refractivity contribution in [3.8, 4) is 0 Å². The van der Waals surface area contributed by atoms with Gasteiger partial charge in [-0.1, -0.05) is 17.7 Å². The average Bonchev–Trinajstić information content (AvgIpc) is 2.57. The highest BCUT2D eigenvalue weighted by Crippen LogP contribution is 2.31. The van der Waals surface area contributed by atoms with Crippen LogP contribution in [0.25, 0.3) is 0 Å². The topological polar surface area (TPSA) is 72.1 Å². The summed E-state index contributed by atoms with van der Waals surface area (Å²) in [6, 6.07) is 4.41. The van der Waals surface area contributed by atoms with Crippen molar-refractivity contribution in [3.63, 3.8) is 0 Å². The van der Waals surface area contributed by atoms with Crippen LogP contribution in [0, 0.1) is 5.82 Å². The first-order valence-electron chi connectivity index (χ1n) is 8.35. The number of guanidine groups is 1. The number of rotatable bonds is 7. The maximum absolute atomic E-state index is 14.5. The number of benzene rings is 1. The molecule has 0 aromatic heterocycles. The summed E-state index contributed by atoms with van der Waals surface area (Å²) in [6.07, 6.45) is 0.0722. The number of nitrogens with two attached hydrogens (primary N) is 1. The molecule has 0 amide bonds. The van der Waals surface area contributed by atoms with E-state index in [1.165, 1.54) is 6.07 Å². The van der Waals surface area contributed by atoms with Gasteiger partial charge in [0.15, 0.2) is 5.96 Å². The van der Waals surface area contributed by atoms with Gasteiger partial charge in [-0.3, -0.25) is 9.89 Å². The molecule has 1 heterocycles. The Morgan fingerprint density at radius 2 is 2.35 bits per heavy atom. The molecule has 9 heteroatoms. The van der Waals surface area contributed by atoms with Crippen LogP contribution in [0.3, 0.4) is 0 Å². The smallest absolute Gasteiger partial charge is 0.188 e. The zero-order valence-electron chi connectivity index (χ0n) is 15.1. The van der Waals surface area contributed by atoms with Gasteiger partial charge in [-0.2, -0.15) is 0 Å². The fourth-order valence-corrected chi connectivity index (χ4v) is 3.16. The quantitative estimate of drug-likeness (QED) is 0.260. The predicted molar refractivity (Wildman–Crippen MR) is 113 cm³/mol. The molecule has 1 aliphatic heterocycles. The fourth-order valence-electron chi connectivity index (χ4n) is 2.87. The van der Waals surface area contributed by atoms with E-state index in [4.69, 9.17) is 26.8 Å². The lowest BCUT2D eigenvalue weighted by molar-refractivity contribution is -0.0336.